The molecule has 0 aliphatic rings. The van der Waals surface area contributed by atoms with Crippen LogP contribution < -0.4 is 0 Å². The number of nitrogens with zero attached hydrogens (tertiary/aromatic N) is 2. The van der Waals surface area contributed by atoms with Crippen molar-refractivity contribution in [2.45, 2.75) is 6.42 Å². The third-order valence-corrected chi connectivity index (χ3v) is 1.63. The molecule has 1 aromatic rings. The Morgan fingerprint density at radius 3 is 2.79 bits per heavy atom. The zero-order chi connectivity index (χ0) is 10.4. The maximum Gasteiger partial charge on any atom is 0.140 e. The van der Waals surface area contributed by atoms with Gasteiger partial charge in [-0.2, -0.15) is 10.5 Å². The van der Waals surface area contributed by atoms with Crippen LogP contribution in [0.15, 0.2) is 24.3 Å². The summed E-state index contributed by atoms with van der Waals surface area (Å²) < 4.78 is 12.9. The molecular formula is C11H7FN2. The first-order chi connectivity index (χ1) is 6.77. The summed E-state index contributed by atoms with van der Waals surface area (Å²) in [6.45, 7) is 0. The van der Waals surface area contributed by atoms with Crippen LogP contribution >= 0.6 is 0 Å². The zero-order valence-electron chi connectivity index (χ0n) is 7.37. The highest BCUT2D eigenvalue weighted by molar-refractivity contribution is 5.52. The average molecular weight is 186 g/mol. The second-order valence-corrected chi connectivity index (χ2v) is 2.62. The van der Waals surface area contributed by atoms with Crippen molar-refractivity contribution >= 4 is 6.08 Å². The van der Waals surface area contributed by atoms with Gasteiger partial charge in [-0.3, -0.25) is 0 Å². The molecule has 0 bridgehead atoms. The van der Waals surface area contributed by atoms with Crippen molar-refractivity contribution in [2.75, 3.05) is 0 Å². The molecule has 1 aromatic carbocycles. The molecule has 14 heavy (non-hydrogen) atoms. The van der Waals surface area contributed by atoms with Gasteiger partial charge >= 0.3 is 0 Å². The SMILES string of the molecule is N#CCC=Cc1ccc(F)c(C#N)c1. The van der Waals surface area contributed by atoms with Gasteiger partial charge in [-0.1, -0.05) is 18.2 Å². The summed E-state index contributed by atoms with van der Waals surface area (Å²) in [4.78, 5) is 0. The van der Waals surface area contributed by atoms with Crippen LogP contribution in [0.3, 0.4) is 0 Å². The number of hydrogen-bond donors (Lipinski definition) is 0. The summed E-state index contributed by atoms with van der Waals surface area (Å²) >= 11 is 0. The molecular weight excluding hydrogens is 179 g/mol. The molecule has 0 N–H and O–H groups in total. The molecule has 0 heterocycles. The zero-order valence-corrected chi connectivity index (χ0v) is 7.37. The van der Waals surface area contributed by atoms with E-state index in [9.17, 15) is 4.39 Å². The number of halogens is 1. The third kappa shape index (κ3) is 2.43. The molecule has 0 amide bonds. The average Bonchev–Trinajstić information content (AvgIpc) is 2.21. The summed E-state index contributed by atoms with van der Waals surface area (Å²) in [5, 5.41) is 16.8. The molecule has 1 rings (SSSR count). The summed E-state index contributed by atoms with van der Waals surface area (Å²) in [6, 6.07) is 7.95. The number of allylic oxidation sites excluding steroid dienone is 1. The van der Waals surface area contributed by atoms with Crippen LogP contribution in [0.2, 0.25) is 0 Å². The monoisotopic (exact) mass is 186 g/mol. The van der Waals surface area contributed by atoms with Crippen molar-refractivity contribution in [2.24, 2.45) is 0 Å². The minimum atomic E-state index is -0.523. The lowest BCUT2D eigenvalue weighted by molar-refractivity contribution is 0.624. The largest absolute Gasteiger partial charge is 0.206 e. The van der Waals surface area contributed by atoms with Gasteiger partial charge in [-0.05, 0) is 17.7 Å². The van der Waals surface area contributed by atoms with E-state index >= 15 is 0 Å². The first-order valence-corrected chi connectivity index (χ1v) is 4.01. The molecule has 0 fully saturated rings. The van der Waals surface area contributed by atoms with Crippen LogP contribution in [0.4, 0.5) is 4.39 Å². The van der Waals surface area contributed by atoms with Gasteiger partial charge in [0.05, 0.1) is 18.1 Å². The maximum absolute atomic E-state index is 12.9. The molecule has 0 radical (unpaired) electrons. The second kappa shape index (κ2) is 4.79. The van der Waals surface area contributed by atoms with Crippen molar-refractivity contribution in [1.82, 2.24) is 0 Å². The standard InChI is InChI=1S/C11H7FN2/c12-11-5-4-9(3-1-2-6-13)7-10(11)8-14/h1,3-5,7H,2H2. The molecule has 0 unspecified atom stereocenters. The molecule has 0 saturated carbocycles. The number of rotatable bonds is 2. The van der Waals surface area contributed by atoms with Crippen molar-refractivity contribution in [3.63, 3.8) is 0 Å². The Bertz CT molecular complexity index is 436. The van der Waals surface area contributed by atoms with Gasteiger partial charge in [-0.15, -0.1) is 0 Å². The van der Waals surface area contributed by atoms with Crippen LogP contribution in [0.1, 0.15) is 17.5 Å². The minimum Gasteiger partial charge on any atom is -0.206 e. The van der Waals surface area contributed by atoms with Crippen molar-refractivity contribution < 1.29 is 4.39 Å². The first-order valence-electron chi connectivity index (χ1n) is 4.01. The van der Waals surface area contributed by atoms with E-state index in [4.69, 9.17) is 10.5 Å². The fraction of sp³-hybridized carbons (Fsp3) is 0.0909. The molecule has 3 heteroatoms. The molecule has 2 nitrogen and oxygen atoms in total. The summed E-state index contributed by atoms with van der Waals surface area (Å²) in [7, 11) is 0. The molecule has 0 saturated heterocycles. The van der Waals surface area contributed by atoms with E-state index in [1.807, 2.05) is 6.07 Å². The quantitative estimate of drug-likeness (QED) is 0.712. The van der Waals surface area contributed by atoms with E-state index in [2.05, 4.69) is 0 Å². The Morgan fingerprint density at radius 2 is 2.14 bits per heavy atom. The van der Waals surface area contributed by atoms with Crippen LogP contribution in [0.5, 0.6) is 0 Å². The Kier molecular flexibility index (Phi) is 3.41. The number of benzene rings is 1. The van der Waals surface area contributed by atoms with Crippen LogP contribution in [-0.4, -0.2) is 0 Å². The van der Waals surface area contributed by atoms with Crippen LogP contribution in [-0.2, 0) is 0 Å². The Labute approximate surface area is 81.5 Å². The van der Waals surface area contributed by atoms with Gasteiger partial charge in [0.25, 0.3) is 0 Å². The van der Waals surface area contributed by atoms with Crippen LogP contribution in [0, 0.1) is 28.5 Å². The lowest BCUT2D eigenvalue weighted by Gasteiger charge is -1.95. The molecule has 0 aliphatic carbocycles. The summed E-state index contributed by atoms with van der Waals surface area (Å²) in [5.74, 6) is -0.523. The molecule has 0 atom stereocenters. The maximum atomic E-state index is 12.9. The first kappa shape index (κ1) is 9.95. The van der Waals surface area contributed by atoms with Gasteiger partial charge < -0.3 is 0 Å². The van der Waals surface area contributed by atoms with Gasteiger partial charge in [0.1, 0.15) is 11.9 Å². The van der Waals surface area contributed by atoms with Crippen molar-refractivity contribution in [1.29, 1.82) is 10.5 Å². The molecule has 0 aromatic heterocycles. The van der Waals surface area contributed by atoms with Crippen molar-refractivity contribution in [3.8, 4) is 12.1 Å². The number of hydrogen-bond acceptors (Lipinski definition) is 2. The third-order valence-electron chi connectivity index (χ3n) is 1.63. The van der Waals surface area contributed by atoms with Gasteiger partial charge in [-0.25, -0.2) is 4.39 Å². The van der Waals surface area contributed by atoms with E-state index in [-0.39, 0.29) is 5.56 Å². The van der Waals surface area contributed by atoms with Crippen molar-refractivity contribution in [3.05, 3.63) is 41.2 Å². The number of nitriles is 2. The van der Waals surface area contributed by atoms with E-state index < -0.39 is 5.82 Å². The van der Waals surface area contributed by atoms with Crippen LogP contribution in [0.25, 0.3) is 6.08 Å². The summed E-state index contributed by atoms with van der Waals surface area (Å²) in [6.07, 6.45) is 3.65. The topological polar surface area (TPSA) is 47.6 Å². The minimum absolute atomic E-state index is 0.0177. The molecule has 0 spiro atoms. The highest BCUT2D eigenvalue weighted by Gasteiger charge is 1.99. The fourth-order valence-corrected chi connectivity index (χ4v) is 0.980. The Balaban J connectivity index is 2.92. The van der Waals surface area contributed by atoms with E-state index in [0.29, 0.717) is 6.42 Å². The highest BCUT2D eigenvalue weighted by Crippen LogP contribution is 2.10. The predicted octanol–water partition coefficient (Wildman–Crippen LogP) is 2.62. The Morgan fingerprint density at radius 1 is 1.36 bits per heavy atom. The smallest absolute Gasteiger partial charge is 0.140 e. The second-order valence-electron chi connectivity index (χ2n) is 2.62. The predicted molar refractivity (Wildman–Crippen MR) is 50.4 cm³/mol. The molecule has 68 valence electrons. The van der Waals surface area contributed by atoms with Gasteiger partial charge in [0.2, 0.25) is 0 Å². The van der Waals surface area contributed by atoms with E-state index in [1.165, 1.54) is 12.1 Å². The molecule has 0 aliphatic heterocycles. The fourth-order valence-electron chi connectivity index (χ4n) is 0.980. The van der Waals surface area contributed by atoms with E-state index in [0.717, 1.165) is 5.56 Å². The van der Waals surface area contributed by atoms with E-state index in [1.54, 1.807) is 24.3 Å². The lowest BCUT2D eigenvalue weighted by atomic mass is 10.1. The lowest BCUT2D eigenvalue weighted by Crippen LogP contribution is -1.83. The van der Waals surface area contributed by atoms with Gasteiger partial charge in [0, 0.05) is 0 Å². The Hall–Kier alpha value is -2.13. The summed E-state index contributed by atoms with van der Waals surface area (Å²) in [5.41, 5.74) is 0.738. The van der Waals surface area contributed by atoms with Gasteiger partial charge in [0.15, 0.2) is 0 Å². The normalized spacial score (nSPS) is 9.64. The highest BCUT2D eigenvalue weighted by atomic mass is 19.1.